The van der Waals surface area contributed by atoms with E-state index in [9.17, 15) is 13.2 Å². The van der Waals surface area contributed by atoms with Gasteiger partial charge in [-0.15, -0.1) is 0 Å². The van der Waals surface area contributed by atoms with E-state index in [1.165, 1.54) is 24.3 Å². The maximum Gasteiger partial charge on any atom is 0.339 e. The van der Waals surface area contributed by atoms with Crippen LogP contribution in [0, 0.1) is 6.92 Å². The first-order chi connectivity index (χ1) is 9.83. The summed E-state index contributed by atoms with van der Waals surface area (Å²) in [5, 5.41) is 9.11. The number of halogens is 1. The van der Waals surface area contributed by atoms with Crippen molar-refractivity contribution < 1.29 is 18.3 Å². The predicted molar refractivity (Wildman–Crippen MR) is 80.4 cm³/mol. The number of benzene rings is 2. The number of hydrogen-bond acceptors (Lipinski definition) is 3. The molecule has 0 unspecified atom stereocenters. The summed E-state index contributed by atoms with van der Waals surface area (Å²) < 4.78 is 27.0. The van der Waals surface area contributed by atoms with Crippen molar-refractivity contribution in [1.29, 1.82) is 0 Å². The van der Waals surface area contributed by atoms with Gasteiger partial charge in [-0.2, -0.15) is 0 Å². The summed E-state index contributed by atoms with van der Waals surface area (Å²) >= 11 is 5.81. The van der Waals surface area contributed by atoms with Gasteiger partial charge in [0.15, 0.2) is 0 Å². The minimum absolute atomic E-state index is 0.0347. The highest BCUT2D eigenvalue weighted by atomic mass is 35.5. The van der Waals surface area contributed by atoms with Gasteiger partial charge in [0.1, 0.15) is 5.56 Å². The summed E-state index contributed by atoms with van der Waals surface area (Å²) in [6.45, 7) is 1.66. The molecule has 110 valence electrons. The van der Waals surface area contributed by atoms with Gasteiger partial charge in [-0.25, -0.2) is 13.2 Å². The van der Waals surface area contributed by atoms with E-state index >= 15 is 0 Å². The number of anilines is 1. The molecule has 7 heteroatoms. The van der Waals surface area contributed by atoms with Gasteiger partial charge in [0.05, 0.1) is 15.6 Å². The fourth-order valence-corrected chi connectivity index (χ4v) is 3.46. The van der Waals surface area contributed by atoms with E-state index in [1.54, 1.807) is 25.1 Å². The van der Waals surface area contributed by atoms with Gasteiger partial charge in [-0.05, 0) is 30.7 Å². The fraction of sp³-hybridized carbons (Fsp3) is 0.0714. The van der Waals surface area contributed by atoms with Gasteiger partial charge in [-0.3, -0.25) is 4.72 Å². The van der Waals surface area contributed by atoms with E-state index in [0.29, 0.717) is 5.56 Å². The Balaban J connectivity index is 2.50. The Labute approximate surface area is 127 Å². The van der Waals surface area contributed by atoms with Crippen molar-refractivity contribution in [3.63, 3.8) is 0 Å². The van der Waals surface area contributed by atoms with Crippen LogP contribution >= 0.6 is 11.6 Å². The van der Waals surface area contributed by atoms with Crippen molar-refractivity contribution >= 4 is 33.3 Å². The number of nitrogens with one attached hydrogen (secondary N) is 1. The zero-order valence-electron chi connectivity index (χ0n) is 11.0. The van der Waals surface area contributed by atoms with Crippen molar-refractivity contribution in [2.24, 2.45) is 0 Å². The average Bonchev–Trinajstić information content (AvgIpc) is 2.38. The second-order valence-electron chi connectivity index (χ2n) is 4.34. The minimum atomic E-state index is -3.89. The summed E-state index contributed by atoms with van der Waals surface area (Å²) in [7, 11) is -3.89. The van der Waals surface area contributed by atoms with E-state index in [0.717, 1.165) is 0 Å². The van der Waals surface area contributed by atoms with Crippen LogP contribution in [0.4, 0.5) is 5.69 Å². The van der Waals surface area contributed by atoms with Crippen molar-refractivity contribution in [3.8, 4) is 0 Å². The third-order valence-corrected chi connectivity index (χ3v) is 4.70. The molecule has 2 aromatic rings. The van der Waals surface area contributed by atoms with Gasteiger partial charge in [0, 0.05) is 0 Å². The molecule has 0 amide bonds. The van der Waals surface area contributed by atoms with E-state index in [-0.39, 0.29) is 21.2 Å². The molecular formula is C14H12ClNO4S. The maximum absolute atomic E-state index is 12.4. The van der Waals surface area contributed by atoms with Gasteiger partial charge < -0.3 is 5.11 Å². The number of aryl methyl sites for hydroxylation is 1. The zero-order valence-corrected chi connectivity index (χ0v) is 12.6. The second kappa shape index (κ2) is 5.75. The van der Waals surface area contributed by atoms with E-state index in [1.807, 2.05) is 0 Å². The van der Waals surface area contributed by atoms with Gasteiger partial charge in [-0.1, -0.05) is 35.9 Å². The van der Waals surface area contributed by atoms with Gasteiger partial charge in [0.25, 0.3) is 10.0 Å². The summed E-state index contributed by atoms with van der Waals surface area (Å²) in [5.74, 6) is -1.30. The molecule has 21 heavy (non-hydrogen) atoms. The first-order valence-electron chi connectivity index (χ1n) is 5.93. The summed E-state index contributed by atoms with van der Waals surface area (Å²) in [4.78, 5) is 11.3. The van der Waals surface area contributed by atoms with Crippen LogP contribution in [0.25, 0.3) is 0 Å². The molecule has 0 saturated heterocycles. The van der Waals surface area contributed by atoms with Gasteiger partial charge >= 0.3 is 5.97 Å². The van der Waals surface area contributed by atoms with Crippen LogP contribution in [0.2, 0.25) is 5.02 Å². The highest BCUT2D eigenvalue weighted by Crippen LogP contribution is 2.27. The normalized spacial score (nSPS) is 11.1. The van der Waals surface area contributed by atoms with E-state index in [2.05, 4.69) is 4.72 Å². The third kappa shape index (κ3) is 3.17. The Kier molecular flexibility index (Phi) is 4.20. The van der Waals surface area contributed by atoms with Crippen molar-refractivity contribution in [2.45, 2.75) is 11.8 Å². The van der Waals surface area contributed by atoms with Crippen LogP contribution in [-0.4, -0.2) is 19.5 Å². The number of hydrogen-bond donors (Lipinski definition) is 2. The van der Waals surface area contributed by atoms with E-state index in [4.69, 9.17) is 16.7 Å². The number of rotatable bonds is 4. The molecule has 5 nitrogen and oxygen atoms in total. The monoisotopic (exact) mass is 325 g/mol. The van der Waals surface area contributed by atoms with E-state index < -0.39 is 16.0 Å². The molecule has 2 rings (SSSR count). The number of sulfonamides is 1. The lowest BCUT2D eigenvalue weighted by Crippen LogP contribution is -2.16. The number of carboxylic acids is 1. The Morgan fingerprint density at radius 2 is 1.81 bits per heavy atom. The van der Waals surface area contributed by atoms with Crippen LogP contribution in [0.15, 0.2) is 47.4 Å². The largest absolute Gasteiger partial charge is 0.478 e. The molecule has 0 aliphatic carbocycles. The molecule has 0 radical (unpaired) electrons. The number of carboxylic acid groups (broad SMARTS) is 1. The fourth-order valence-electron chi connectivity index (χ4n) is 1.88. The highest BCUT2D eigenvalue weighted by molar-refractivity contribution is 7.92. The van der Waals surface area contributed by atoms with Crippen LogP contribution < -0.4 is 4.72 Å². The quantitative estimate of drug-likeness (QED) is 0.904. The lowest BCUT2D eigenvalue weighted by molar-refractivity contribution is 0.0698. The topological polar surface area (TPSA) is 83.5 Å². The SMILES string of the molecule is Cc1ccccc1S(=O)(=O)Nc1cccc(Cl)c1C(=O)O. The predicted octanol–water partition coefficient (Wildman–Crippen LogP) is 3.15. The lowest BCUT2D eigenvalue weighted by Gasteiger charge is -2.12. The maximum atomic E-state index is 12.4. The molecule has 0 saturated carbocycles. The smallest absolute Gasteiger partial charge is 0.339 e. The molecule has 0 spiro atoms. The molecule has 0 fully saturated rings. The zero-order chi connectivity index (χ0) is 15.6. The third-order valence-electron chi connectivity index (χ3n) is 2.85. The summed E-state index contributed by atoms with van der Waals surface area (Å²) in [5.41, 5.74) is 0.207. The molecule has 0 bridgehead atoms. The van der Waals surface area contributed by atoms with Crippen LogP contribution in [0.1, 0.15) is 15.9 Å². The molecular weight excluding hydrogens is 314 g/mol. The summed E-state index contributed by atoms with van der Waals surface area (Å²) in [6, 6.07) is 10.6. The Morgan fingerprint density at radius 1 is 1.14 bits per heavy atom. The molecule has 0 heterocycles. The number of aromatic carboxylic acids is 1. The molecule has 0 aliphatic rings. The average molecular weight is 326 g/mol. The first kappa shape index (κ1) is 15.3. The van der Waals surface area contributed by atoms with Crippen LogP contribution in [-0.2, 0) is 10.0 Å². The standard InChI is InChI=1S/C14H12ClNO4S/c1-9-5-2-3-8-12(9)21(19,20)16-11-7-4-6-10(15)13(11)14(17)18/h2-8,16H,1H3,(H,17,18). The van der Waals surface area contributed by atoms with Crippen molar-refractivity contribution in [2.75, 3.05) is 4.72 Å². The molecule has 2 N–H and O–H groups in total. The molecule has 0 atom stereocenters. The van der Waals surface area contributed by atoms with Crippen molar-refractivity contribution in [3.05, 3.63) is 58.6 Å². The highest BCUT2D eigenvalue weighted by Gasteiger charge is 2.21. The Hall–Kier alpha value is -2.05. The first-order valence-corrected chi connectivity index (χ1v) is 7.79. The second-order valence-corrected chi connectivity index (χ2v) is 6.40. The molecule has 0 aliphatic heterocycles. The minimum Gasteiger partial charge on any atom is -0.478 e. The number of carbonyl (C=O) groups is 1. The van der Waals surface area contributed by atoms with Crippen LogP contribution in [0.3, 0.4) is 0 Å². The molecule has 2 aromatic carbocycles. The Morgan fingerprint density at radius 3 is 2.43 bits per heavy atom. The van der Waals surface area contributed by atoms with Crippen molar-refractivity contribution in [1.82, 2.24) is 0 Å². The van der Waals surface area contributed by atoms with Crippen LogP contribution in [0.5, 0.6) is 0 Å². The molecule has 0 aromatic heterocycles. The summed E-state index contributed by atoms with van der Waals surface area (Å²) in [6.07, 6.45) is 0. The lowest BCUT2D eigenvalue weighted by atomic mass is 10.2. The van der Waals surface area contributed by atoms with Gasteiger partial charge in [0.2, 0.25) is 0 Å². The Bertz CT molecular complexity index is 802.